The first-order chi connectivity index (χ1) is 23.0. The van der Waals surface area contributed by atoms with Crippen molar-refractivity contribution in [2.24, 2.45) is 11.8 Å². The van der Waals surface area contributed by atoms with Crippen LogP contribution in [-0.4, -0.2) is 101 Å². The van der Waals surface area contributed by atoms with Crippen molar-refractivity contribution in [1.29, 1.82) is 0 Å². The molecule has 0 radical (unpaired) electrons. The maximum Gasteiger partial charge on any atom is 0.415 e. The number of H-pyrrole nitrogens is 1. The fourth-order valence-electron chi connectivity index (χ4n) is 5.16. The van der Waals surface area contributed by atoms with E-state index in [1.54, 1.807) is 40.8 Å². The lowest BCUT2D eigenvalue weighted by atomic mass is 9.98. The van der Waals surface area contributed by atoms with Crippen molar-refractivity contribution < 1.29 is 24.3 Å². The number of hydrogen-bond donors (Lipinski definition) is 2. The highest BCUT2D eigenvalue weighted by molar-refractivity contribution is 7.99. The topological polar surface area (TPSA) is 152 Å². The Hall–Kier alpha value is -4.24. The lowest BCUT2D eigenvalue weighted by Crippen LogP contribution is -2.41. The SMILES string of the molecule is O=C(O)N1CCC(CSc2ncn[nH]2)CC1.O=C(Oc1ccc(CCSc2ccncc2)cc1)N1CCC(COn2cccn2)CC1. The number of ether oxygens (including phenoxy) is 1. The molecule has 2 saturated heterocycles. The van der Waals surface area contributed by atoms with E-state index in [0.29, 0.717) is 50.4 Å². The molecular weight excluding hydrogens is 641 g/mol. The van der Waals surface area contributed by atoms with Gasteiger partial charge in [0.05, 0.1) is 12.4 Å². The molecule has 250 valence electrons. The number of benzene rings is 1. The number of rotatable bonds is 11. The number of aryl methyl sites for hydroxylation is 1. The van der Waals surface area contributed by atoms with Gasteiger partial charge in [-0.25, -0.2) is 14.6 Å². The van der Waals surface area contributed by atoms with Gasteiger partial charge in [0.1, 0.15) is 18.7 Å². The van der Waals surface area contributed by atoms with Crippen molar-refractivity contribution in [3.8, 4) is 5.75 Å². The average Bonchev–Trinajstić information content (AvgIpc) is 3.84. The lowest BCUT2D eigenvalue weighted by Gasteiger charge is -2.30. The molecule has 0 atom stereocenters. The highest BCUT2D eigenvalue weighted by Gasteiger charge is 2.25. The zero-order valence-corrected chi connectivity index (χ0v) is 27.7. The van der Waals surface area contributed by atoms with Crippen molar-refractivity contribution >= 4 is 35.7 Å². The first-order valence-corrected chi connectivity index (χ1v) is 17.7. The minimum Gasteiger partial charge on any atom is -0.465 e. The molecule has 47 heavy (non-hydrogen) atoms. The van der Waals surface area contributed by atoms with Crippen molar-refractivity contribution in [3.05, 3.63) is 79.1 Å². The lowest BCUT2D eigenvalue weighted by molar-refractivity contribution is 0.0366. The molecule has 0 aliphatic carbocycles. The van der Waals surface area contributed by atoms with Gasteiger partial charge in [0, 0.05) is 55.0 Å². The molecule has 2 aliphatic heterocycles. The fraction of sp³-hybridized carbons (Fsp3) is 0.438. The minimum atomic E-state index is -0.804. The summed E-state index contributed by atoms with van der Waals surface area (Å²) in [4.78, 5) is 42.8. The van der Waals surface area contributed by atoms with E-state index in [2.05, 4.69) is 25.3 Å². The Morgan fingerprint density at radius 3 is 2.30 bits per heavy atom. The number of thioether (sulfide) groups is 2. The molecule has 5 heterocycles. The number of pyridine rings is 1. The number of aromatic amines is 1. The number of amides is 2. The molecule has 2 fully saturated rings. The van der Waals surface area contributed by atoms with Crippen molar-refractivity contribution in [2.45, 2.75) is 42.2 Å². The van der Waals surface area contributed by atoms with Crippen LogP contribution >= 0.6 is 23.5 Å². The number of carbonyl (C=O) groups excluding carboxylic acids is 1. The summed E-state index contributed by atoms with van der Waals surface area (Å²) in [5.74, 6) is 3.54. The number of hydrogen-bond acceptors (Lipinski definition) is 10. The van der Waals surface area contributed by atoms with Crippen LogP contribution < -0.4 is 9.57 Å². The minimum absolute atomic E-state index is 0.285. The van der Waals surface area contributed by atoms with E-state index in [9.17, 15) is 9.59 Å². The second-order valence-electron chi connectivity index (χ2n) is 11.2. The van der Waals surface area contributed by atoms with Gasteiger partial charge in [-0.15, -0.1) is 21.7 Å². The summed E-state index contributed by atoms with van der Waals surface area (Å²) in [5.41, 5.74) is 1.22. The summed E-state index contributed by atoms with van der Waals surface area (Å²) in [6, 6.07) is 13.6. The number of nitrogens with one attached hydrogen (secondary N) is 1. The molecule has 0 spiro atoms. The van der Waals surface area contributed by atoms with Gasteiger partial charge in [0.2, 0.25) is 0 Å². The maximum absolute atomic E-state index is 12.5. The molecule has 0 bridgehead atoms. The molecule has 1 aromatic carbocycles. The summed E-state index contributed by atoms with van der Waals surface area (Å²) in [5, 5.41) is 20.2. The van der Waals surface area contributed by atoms with E-state index >= 15 is 0 Å². The number of carboxylic acid groups (broad SMARTS) is 1. The van der Waals surface area contributed by atoms with E-state index in [4.69, 9.17) is 14.7 Å². The van der Waals surface area contributed by atoms with Gasteiger partial charge >= 0.3 is 12.2 Å². The third-order valence-corrected chi connectivity index (χ3v) is 10.1. The second-order valence-corrected chi connectivity index (χ2v) is 13.4. The molecule has 4 aromatic rings. The molecule has 2 aliphatic rings. The van der Waals surface area contributed by atoms with Crippen LogP contribution in [0.2, 0.25) is 0 Å². The molecular formula is C32H40N8O5S2. The van der Waals surface area contributed by atoms with Gasteiger partial charge in [0.25, 0.3) is 0 Å². The Bertz CT molecular complexity index is 1460. The molecule has 13 nitrogen and oxygen atoms in total. The average molecular weight is 681 g/mol. The van der Waals surface area contributed by atoms with Crippen LogP contribution in [0.1, 0.15) is 31.2 Å². The third-order valence-electron chi connectivity index (χ3n) is 7.97. The van der Waals surface area contributed by atoms with Gasteiger partial charge in [-0.1, -0.05) is 23.9 Å². The summed E-state index contributed by atoms with van der Waals surface area (Å²) >= 11 is 3.45. The number of carbonyl (C=O) groups is 2. The molecule has 0 saturated carbocycles. The van der Waals surface area contributed by atoms with E-state index in [-0.39, 0.29) is 6.09 Å². The van der Waals surface area contributed by atoms with Crippen LogP contribution in [-0.2, 0) is 6.42 Å². The Labute approximate surface area is 282 Å². The Morgan fingerprint density at radius 1 is 0.915 bits per heavy atom. The Morgan fingerprint density at radius 2 is 1.64 bits per heavy atom. The highest BCUT2D eigenvalue weighted by Crippen LogP contribution is 2.24. The first kappa shape index (κ1) is 34.1. The predicted octanol–water partition coefficient (Wildman–Crippen LogP) is 5.24. The van der Waals surface area contributed by atoms with E-state index in [1.807, 2.05) is 54.9 Å². The van der Waals surface area contributed by atoms with Crippen LogP contribution in [0.4, 0.5) is 9.59 Å². The summed E-state index contributed by atoms with van der Waals surface area (Å²) < 4.78 is 5.57. The van der Waals surface area contributed by atoms with E-state index in [1.165, 1.54) is 26.5 Å². The van der Waals surface area contributed by atoms with Crippen LogP contribution in [0.3, 0.4) is 0 Å². The van der Waals surface area contributed by atoms with Crippen LogP contribution in [0.5, 0.6) is 5.75 Å². The van der Waals surface area contributed by atoms with Gasteiger partial charge in [-0.05, 0) is 79.8 Å². The molecule has 3 aromatic heterocycles. The third kappa shape index (κ3) is 11.5. The normalized spacial score (nSPS) is 15.5. The number of nitrogens with zero attached hydrogens (tertiary/aromatic N) is 7. The van der Waals surface area contributed by atoms with Gasteiger partial charge in [-0.3, -0.25) is 10.1 Å². The molecule has 15 heteroatoms. The van der Waals surface area contributed by atoms with Crippen molar-refractivity contribution in [1.82, 2.24) is 39.9 Å². The van der Waals surface area contributed by atoms with Crippen molar-refractivity contribution in [2.75, 3.05) is 44.3 Å². The summed E-state index contributed by atoms with van der Waals surface area (Å²) in [6.07, 6.45) is 12.1. The number of likely N-dealkylation sites (tertiary alicyclic amines) is 2. The van der Waals surface area contributed by atoms with Crippen LogP contribution in [0.15, 0.2) is 83.6 Å². The highest BCUT2D eigenvalue weighted by atomic mass is 32.2. The second kappa shape index (κ2) is 18.2. The molecule has 2 N–H and O–H groups in total. The molecule has 2 amide bonds. The first-order valence-electron chi connectivity index (χ1n) is 15.7. The van der Waals surface area contributed by atoms with E-state index in [0.717, 1.165) is 48.8 Å². The zero-order chi connectivity index (χ0) is 32.7. The van der Waals surface area contributed by atoms with Gasteiger partial charge in [-0.2, -0.15) is 5.10 Å². The van der Waals surface area contributed by atoms with Gasteiger partial charge in [0.15, 0.2) is 5.16 Å². The largest absolute Gasteiger partial charge is 0.465 e. The maximum atomic E-state index is 12.5. The number of aromatic nitrogens is 6. The summed E-state index contributed by atoms with van der Waals surface area (Å²) in [7, 11) is 0. The predicted molar refractivity (Wildman–Crippen MR) is 179 cm³/mol. The zero-order valence-electron chi connectivity index (χ0n) is 26.1. The van der Waals surface area contributed by atoms with Gasteiger partial charge < -0.3 is 24.5 Å². The number of piperidine rings is 2. The smallest absolute Gasteiger partial charge is 0.415 e. The molecule has 0 unspecified atom stereocenters. The standard InChI is InChI=1S/C23H26N4O3S.C9H14N4O2S/c28-23(26-15-8-20(9-16-26)18-29-27-14-1-11-25-27)30-21-4-2-19(3-5-21)10-17-31-22-6-12-24-13-7-22;14-9(15)13-3-1-7(2-4-13)5-16-8-10-6-11-12-8/h1-7,11-14,20H,8-10,15-18H2;6-7H,1-5H2,(H,14,15)(H,10,11,12). The Balaban J connectivity index is 0.000000227. The summed E-state index contributed by atoms with van der Waals surface area (Å²) in [6.45, 7) is 3.26. The van der Waals surface area contributed by atoms with Crippen LogP contribution in [0, 0.1) is 11.8 Å². The fourth-order valence-corrected chi connectivity index (χ4v) is 7.01. The van der Waals surface area contributed by atoms with E-state index < -0.39 is 6.09 Å². The quantitative estimate of drug-likeness (QED) is 0.200. The molecule has 6 rings (SSSR count). The monoisotopic (exact) mass is 680 g/mol. The van der Waals surface area contributed by atoms with Crippen LogP contribution in [0.25, 0.3) is 0 Å². The van der Waals surface area contributed by atoms with Crippen molar-refractivity contribution in [3.63, 3.8) is 0 Å². The Kier molecular flexibility index (Phi) is 13.2.